The molecule has 12 heavy (non-hydrogen) atoms. The van der Waals surface area contributed by atoms with Crippen LogP contribution in [0, 0.1) is 5.92 Å². The van der Waals surface area contributed by atoms with Crippen molar-refractivity contribution in [1.29, 1.82) is 0 Å². The zero-order chi connectivity index (χ0) is 9.72. The van der Waals surface area contributed by atoms with E-state index in [0.717, 1.165) is 0 Å². The van der Waals surface area contributed by atoms with Gasteiger partial charge in [-0.2, -0.15) is 0 Å². The molecule has 0 aliphatic heterocycles. The second kappa shape index (κ2) is 5.27. The van der Waals surface area contributed by atoms with Crippen LogP contribution in [0.4, 0.5) is 0 Å². The van der Waals surface area contributed by atoms with Gasteiger partial charge in [-0.15, -0.1) is 0 Å². The second-order valence-corrected chi connectivity index (χ2v) is 3.73. The lowest BCUT2D eigenvalue weighted by Gasteiger charge is -2.15. The van der Waals surface area contributed by atoms with E-state index in [1.807, 2.05) is 27.7 Å². The molecule has 0 aliphatic rings. The van der Waals surface area contributed by atoms with Gasteiger partial charge in [0.25, 0.3) is 0 Å². The van der Waals surface area contributed by atoms with Crippen molar-refractivity contribution in [3.8, 4) is 0 Å². The normalized spacial score (nSPS) is 13.9. The lowest BCUT2D eigenvalue weighted by atomic mass is 10.0. The second-order valence-electron chi connectivity index (χ2n) is 3.73. The first-order valence-electron chi connectivity index (χ1n) is 4.47. The van der Waals surface area contributed by atoms with Crippen molar-refractivity contribution < 1.29 is 4.79 Å². The Kier molecular flexibility index (Phi) is 5.09. The van der Waals surface area contributed by atoms with Gasteiger partial charge in [-0.25, -0.2) is 0 Å². The predicted molar refractivity (Wildman–Crippen MR) is 51.0 cm³/mol. The Morgan fingerprint density at radius 3 is 2.17 bits per heavy atom. The molecule has 0 radical (unpaired) electrons. The Bertz CT molecular complexity index is 143. The number of nitrogens with two attached hydrogens (primary N) is 1. The summed E-state index contributed by atoms with van der Waals surface area (Å²) in [5.41, 5.74) is 5.65. The molecule has 0 bridgehead atoms. The summed E-state index contributed by atoms with van der Waals surface area (Å²) in [6, 6.07) is 0.0309. The topological polar surface area (TPSA) is 55.1 Å². The predicted octanol–water partition coefficient (Wildman–Crippen LogP) is 0.537. The van der Waals surface area contributed by atoms with Crippen LogP contribution in [0.3, 0.4) is 0 Å². The number of nitrogens with one attached hydrogen (secondary N) is 1. The lowest BCUT2D eigenvalue weighted by Crippen LogP contribution is -2.44. The van der Waals surface area contributed by atoms with Crippen LogP contribution < -0.4 is 11.1 Å². The number of hydrogen-bond acceptors (Lipinski definition) is 3. The van der Waals surface area contributed by atoms with Gasteiger partial charge in [-0.05, 0) is 0 Å². The molecule has 0 aromatic heterocycles. The third-order valence-corrected chi connectivity index (χ3v) is 1.68. The molecule has 0 fully saturated rings. The molecule has 0 saturated heterocycles. The fourth-order valence-electron chi connectivity index (χ4n) is 0.891. The van der Waals surface area contributed by atoms with Crippen molar-refractivity contribution in [1.82, 2.24) is 5.32 Å². The number of rotatable bonds is 5. The van der Waals surface area contributed by atoms with Crippen LogP contribution in [0.2, 0.25) is 0 Å². The van der Waals surface area contributed by atoms with Crippen LogP contribution >= 0.6 is 0 Å². The molecule has 0 amide bonds. The molecule has 0 heterocycles. The van der Waals surface area contributed by atoms with Gasteiger partial charge in [0, 0.05) is 18.5 Å². The van der Waals surface area contributed by atoms with Crippen molar-refractivity contribution in [3.05, 3.63) is 0 Å². The molecule has 0 aromatic carbocycles. The highest BCUT2D eigenvalue weighted by Gasteiger charge is 2.16. The minimum absolute atomic E-state index is 0.0361. The smallest absolute Gasteiger partial charge is 0.153 e. The molecule has 3 N–H and O–H groups in total. The van der Waals surface area contributed by atoms with Crippen LogP contribution in [0.25, 0.3) is 0 Å². The van der Waals surface area contributed by atoms with Crippen molar-refractivity contribution in [3.63, 3.8) is 0 Å². The minimum Gasteiger partial charge on any atom is -0.320 e. The Balaban J connectivity index is 3.72. The molecule has 3 nitrogen and oxygen atoms in total. The third kappa shape index (κ3) is 4.46. The molecule has 1 atom stereocenters. The Labute approximate surface area is 74.7 Å². The first kappa shape index (κ1) is 11.6. The maximum Gasteiger partial charge on any atom is 0.153 e. The molecule has 0 spiro atoms. The first-order valence-corrected chi connectivity index (χ1v) is 4.47. The average molecular weight is 172 g/mol. The number of hydrogen-bond donors (Lipinski definition) is 2. The van der Waals surface area contributed by atoms with Gasteiger partial charge in [-0.3, -0.25) is 4.79 Å². The van der Waals surface area contributed by atoms with Gasteiger partial charge < -0.3 is 11.1 Å². The maximum absolute atomic E-state index is 11.3. The average Bonchev–Trinajstić information content (AvgIpc) is 1.98. The first-order chi connectivity index (χ1) is 5.45. The van der Waals surface area contributed by atoms with Crippen molar-refractivity contribution >= 4 is 5.78 Å². The zero-order valence-corrected chi connectivity index (χ0v) is 8.42. The monoisotopic (exact) mass is 172 g/mol. The standard InChI is InChI=1S/C9H20N2O/c1-6(2)9(12)8(10)5-11-7(3)4/h6-8,11H,5,10H2,1-4H3. The van der Waals surface area contributed by atoms with Gasteiger partial charge in [0.05, 0.1) is 6.04 Å². The summed E-state index contributed by atoms with van der Waals surface area (Å²) in [6.07, 6.45) is 0. The SMILES string of the molecule is CC(C)NCC(N)C(=O)C(C)C. The number of carbonyl (C=O) groups excluding carboxylic acids is 1. The Morgan fingerprint density at radius 1 is 1.33 bits per heavy atom. The quantitative estimate of drug-likeness (QED) is 0.636. The fourth-order valence-corrected chi connectivity index (χ4v) is 0.891. The summed E-state index contributed by atoms with van der Waals surface area (Å²) in [5.74, 6) is 0.164. The summed E-state index contributed by atoms with van der Waals surface area (Å²) in [6.45, 7) is 8.39. The Morgan fingerprint density at radius 2 is 1.83 bits per heavy atom. The van der Waals surface area contributed by atoms with E-state index >= 15 is 0 Å². The van der Waals surface area contributed by atoms with Crippen LogP contribution in [0.1, 0.15) is 27.7 Å². The number of carbonyl (C=O) groups is 1. The van der Waals surface area contributed by atoms with Crippen LogP contribution in [-0.4, -0.2) is 24.4 Å². The van der Waals surface area contributed by atoms with Gasteiger partial charge >= 0.3 is 0 Å². The number of Topliss-reactive ketones (excluding diaryl/α,β-unsaturated/α-hetero) is 1. The van der Waals surface area contributed by atoms with E-state index in [2.05, 4.69) is 5.32 Å². The molecular formula is C9H20N2O. The third-order valence-electron chi connectivity index (χ3n) is 1.68. The van der Waals surface area contributed by atoms with Crippen LogP contribution in [0.5, 0.6) is 0 Å². The van der Waals surface area contributed by atoms with Crippen molar-refractivity contribution in [2.45, 2.75) is 39.8 Å². The lowest BCUT2D eigenvalue weighted by molar-refractivity contribution is -0.123. The van der Waals surface area contributed by atoms with E-state index in [4.69, 9.17) is 5.73 Å². The van der Waals surface area contributed by atoms with Crippen LogP contribution in [-0.2, 0) is 4.79 Å². The molecule has 0 saturated carbocycles. The van der Waals surface area contributed by atoms with E-state index in [-0.39, 0.29) is 17.7 Å². The van der Waals surface area contributed by atoms with E-state index in [9.17, 15) is 4.79 Å². The summed E-state index contributed by atoms with van der Waals surface area (Å²) in [4.78, 5) is 11.3. The zero-order valence-electron chi connectivity index (χ0n) is 8.42. The van der Waals surface area contributed by atoms with Crippen LogP contribution in [0.15, 0.2) is 0 Å². The summed E-state index contributed by atoms with van der Waals surface area (Å²) in [7, 11) is 0. The summed E-state index contributed by atoms with van der Waals surface area (Å²) >= 11 is 0. The highest BCUT2D eigenvalue weighted by molar-refractivity contribution is 5.85. The van der Waals surface area contributed by atoms with Crippen molar-refractivity contribution in [2.75, 3.05) is 6.54 Å². The van der Waals surface area contributed by atoms with E-state index in [1.54, 1.807) is 0 Å². The molecule has 3 heteroatoms. The summed E-state index contributed by atoms with van der Waals surface area (Å²) in [5, 5.41) is 3.14. The Hall–Kier alpha value is -0.410. The molecule has 0 aromatic rings. The van der Waals surface area contributed by atoms with E-state index in [1.165, 1.54) is 0 Å². The van der Waals surface area contributed by atoms with Crippen molar-refractivity contribution in [2.24, 2.45) is 11.7 Å². The molecular weight excluding hydrogens is 152 g/mol. The maximum atomic E-state index is 11.3. The largest absolute Gasteiger partial charge is 0.320 e. The molecule has 1 unspecified atom stereocenters. The van der Waals surface area contributed by atoms with Gasteiger partial charge in [0.15, 0.2) is 5.78 Å². The number of ketones is 1. The highest BCUT2D eigenvalue weighted by atomic mass is 16.1. The molecule has 0 aliphatic carbocycles. The van der Waals surface area contributed by atoms with E-state index < -0.39 is 0 Å². The minimum atomic E-state index is -0.354. The highest BCUT2D eigenvalue weighted by Crippen LogP contribution is 1.97. The summed E-state index contributed by atoms with van der Waals surface area (Å²) < 4.78 is 0. The van der Waals surface area contributed by atoms with E-state index in [0.29, 0.717) is 12.6 Å². The van der Waals surface area contributed by atoms with Gasteiger partial charge in [0.2, 0.25) is 0 Å². The molecule has 72 valence electrons. The van der Waals surface area contributed by atoms with Gasteiger partial charge in [0.1, 0.15) is 0 Å². The van der Waals surface area contributed by atoms with Gasteiger partial charge in [-0.1, -0.05) is 27.7 Å². The molecule has 0 rings (SSSR count). The fraction of sp³-hybridized carbons (Fsp3) is 0.889.